The second-order valence-electron chi connectivity index (χ2n) is 12.6. The van der Waals surface area contributed by atoms with Gasteiger partial charge in [0, 0.05) is 23.6 Å². The number of aryl methyl sites for hydroxylation is 1. The van der Waals surface area contributed by atoms with E-state index in [1.54, 1.807) is 13.8 Å². The van der Waals surface area contributed by atoms with Crippen LogP contribution in [0, 0.1) is 0 Å². The van der Waals surface area contributed by atoms with Crippen LogP contribution in [0.2, 0.25) is 0 Å². The van der Waals surface area contributed by atoms with Gasteiger partial charge in [0.2, 0.25) is 5.78 Å². The Morgan fingerprint density at radius 1 is 1.07 bits per heavy atom. The van der Waals surface area contributed by atoms with Crippen molar-refractivity contribution in [1.29, 1.82) is 0 Å². The molecule has 0 amide bonds. The number of hydrogen-bond donors (Lipinski definition) is 2. The number of ether oxygens (including phenoxy) is 1. The molecule has 1 fully saturated rings. The van der Waals surface area contributed by atoms with E-state index in [9.17, 15) is 14.7 Å². The van der Waals surface area contributed by atoms with Crippen LogP contribution in [0.1, 0.15) is 83.6 Å². The first-order chi connectivity index (χ1) is 21.7. The standard InChI is InChI=1S/C34H40N6O5.K.H/c1-4-5-10-29-28(19-22-11-13-23(14-12-22)26-8-6-7-9-27(26)30-37-33(42)45-38-30)31(41)39(32-35-21-36-40(29)32)24-15-17-25(18-16-24)44-20-34(2,3)43;;/h6-9,11-14,21,24-25,43H,4-5,10,15-20H2,1-3H3,(H,37,38,42);;/q;+1;-1. The summed E-state index contributed by atoms with van der Waals surface area (Å²) in [5.41, 5.74) is 4.42. The number of fused-ring (bicyclic) bond motifs is 1. The van der Waals surface area contributed by atoms with Gasteiger partial charge in [0.25, 0.3) is 5.56 Å². The molecule has 1 saturated carbocycles. The number of aromatic nitrogens is 6. The van der Waals surface area contributed by atoms with Crippen LogP contribution >= 0.6 is 0 Å². The Kier molecular flexibility index (Phi) is 11.3. The molecule has 5 aromatic rings. The molecule has 0 saturated heterocycles. The molecule has 11 nitrogen and oxygen atoms in total. The van der Waals surface area contributed by atoms with Crippen LogP contribution in [0.15, 0.2) is 69.0 Å². The van der Waals surface area contributed by atoms with E-state index in [1.165, 1.54) is 6.33 Å². The molecule has 12 heteroatoms. The summed E-state index contributed by atoms with van der Waals surface area (Å²) >= 11 is 0. The van der Waals surface area contributed by atoms with Gasteiger partial charge in [-0.25, -0.2) is 9.31 Å². The van der Waals surface area contributed by atoms with Crippen molar-refractivity contribution in [3.8, 4) is 22.5 Å². The van der Waals surface area contributed by atoms with Crippen LogP contribution in [-0.2, 0) is 17.6 Å². The number of nitrogens with one attached hydrogen (secondary N) is 1. The molecule has 0 bridgehead atoms. The van der Waals surface area contributed by atoms with Crippen molar-refractivity contribution >= 4 is 5.78 Å². The van der Waals surface area contributed by atoms with Crippen LogP contribution in [-0.4, -0.2) is 52.7 Å². The SMILES string of the molecule is CCCCc1c(Cc2ccc(-c3ccccc3-c3noc(=O)[nH]3)cc2)c(=O)n(C2CCC(OCC(C)(C)O)CC2)c2ncnn12.[H-].[K+]. The Bertz CT molecular complexity index is 1880. The van der Waals surface area contributed by atoms with E-state index in [0.29, 0.717) is 18.0 Å². The van der Waals surface area contributed by atoms with Crippen molar-refractivity contribution in [1.82, 2.24) is 29.3 Å². The predicted molar refractivity (Wildman–Crippen MR) is 171 cm³/mol. The Labute approximate surface area is 311 Å². The number of H-pyrrole nitrogens is 1. The largest absolute Gasteiger partial charge is 1.00 e. The molecule has 238 valence electrons. The van der Waals surface area contributed by atoms with E-state index in [0.717, 1.165) is 78.5 Å². The summed E-state index contributed by atoms with van der Waals surface area (Å²) in [5.74, 6) is 0.365. The minimum absolute atomic E-state index is 0. The van der Waals surface area contributed by atoms with E-state index in [-0.39, 0.29) is 77.1 Å². The molecule has 0 unspecified atom stereocenters. The first kappa shape index (κ1) is 34.6. The maximum Gasteiger partial charge on any atom is 1.00 e. The van der Waals surface area contributed by atoms with Crippen molar-refractivity contribution in [3.05, 3.63) is 92.6 Å². The zero-order chi connectivity index (χ0) is 31.6. The molecule has 6 rings (SSSR count). The summed E-state index contributed by atoms with van der Waals surface area (Å²) in [7, 11) is 0. The van der Waals surface area contributed by atoms with Crippen LogP contribution in [0.25, 0.3) is 28.3 Å². The molecule has 0 aliphatic heterocycles. The zero-order valence-electron chi connectivity index (χ0n) is 28.0. The van der Waals surface area contributed by atoms with E-state index < -0.39 is 11.4 Å². The van der Waals surface area contributed by atoms with Gasteiger partial charge in [0.1, 0.15) is 6.33 Å². The molecule has 2 aromatic carbocycles. The van der Waals surface area contributed by atoms with Gasteiger partial charge in [-0.1, -0.05) is 67.0 Å². The molecular weight excluding hydrogens is 612 g/mol. The van der Waals surface area contributed by atoms with E-state index in [2.05, 4.69) is 27.1 Å². The summed E-state index contributed by atoms with van der Waals surface area (Å²) in [5, 5.41) is 18.5. The minimum Gasteiger partial charge on any atom is -1.00 e. The second-order valence-corrected chi connectivity index (χ2v) is 12.6. The molecule has 46 heavy (non-hydrogen) atoms. The Morgan fingerprint density at radius 3 is 2.43 bits per heavy atom. The molecule has 1 aliphatic carbocycles. The number of aliphatic hydroxyl groups is 1. The fraction of sp³-hybridized carbons (Fsp3) is 0.441. The summed E-state index contributed by atoms with van der Waals surface area (Å²) in [6, 6.07) is 15.8. The monoisotopic (exact) mass is 652 g/mol. The molecule has 3 heterocycles. The fourth-order valence-corrected chi connectivity index (χ4v) is 6.27. The van der Waals surface area contributed by atoms with Gasteiger partial charge in [-0.2, -0.15) is 10.1 Å². The van der Waals surface area contributed by atoms with E-state index >= 15 is 0 Å². The van der Waals surface area contributed by atoms with Gasteiger partial charge in [-0.05, 0) is 69.1 Å². The number of benzene rings is 2. The molecule has 0 radical (unpaired) electrons. The summed E-state index contributed by atoms with van der Waals surface area (Å²) < 4.78 is 14.4. The van der Waals surface area contributed by atoms with E-state index in [4.69, 9.17) is 9.26 Å². The topological polar surface area (TPSA) is 141 Å². The van der Waals surface area contributed by atoms with Gasteiger partial charge in [0.05, 0.1) is 24.0 Å². The maximum atomic E-state index is 14.4. The first-order valence-corrected chi connectivity index (χ1v) is 15.8. The first-order valence-electron chi connectivity index (χ1n) is 15.8. The average molecular weight is 653 g/mol. The smallest absolute Gasteiger partial charge is 1.00 e. The molecule has 1 aliphatic rings. The zero-order valence-corrected chi connectivity index (χ0v) is 30.2. The number of hydrogen-bond acceptors (Lipinski definition) is 8. The van der Waals surface area contributed by atoms with Gasteiger partial charge in [-0.3, -0.25) is 18.9 Å². The molecule has 0 spiro atoms. The third-order valence-corrected chi connectivity index (χ3v) is 8.54. The summed E-state index contributed by atoms with van der Waals surface area (Å²) in [6.45, 7) is 5.92. The molecule has 3 aromatic heterocycles. The maximum absolute atomic E-state index is 14.4. The number of unbranched alkanes of at least 4 members (excludes halogenated alkanes) is 1. The van der Waals surface area contributed by atoms with Crippen LogP contribution in [0.3, 0.4) is 0 Å². The fourth-order valence-electron chi connectivity index (χ4n) is 6.27. The summed E-state index contributed by atoms with van der Waals surface area (Å²) in [4.78, 5) is 33.1. The third-order valence-electron chi connectivity index (χ3n) is 8.54. The number of nitrogens with zero attached hydrogens (tertiary/aromatic N) is 5. The van der Waals surface area contributed by atoms with Crippen LogP contribution < -0.4 is 62.7 Å². The quantitative estimate of drug-likeness (QED) is 0.207. The van der Waals surface area contributed by atoms with Crippen molar-refractivity contribution in [2.75, 3.05) is 6.61 Å². The van der Waals surface area contributed by atoms with Gasteiger partial charge < -0.3 is 11.3 Å². The Morgan fingerprint density at radius 2 is 1.78 bits per heavy atom. The minimum atomic E-state index is -0.871. The normalized spacial score (nSPS) is 16.9. The molecule has 2 N–H and O–H groups in total. The molecular formula is C34H41KN6O5. The second kappa shape index (κ2) is 15.0. The van der Waals surface area contributed by atoms with Gasteiger partial charge in [-0.15, -0.1) is 0 Å². The van der Waals surface area contributed by atoms with Crippen molar-refractivity contribution in [3.63, 3.8) is 0 Å². The number of aromatic amines is 1. The van der Waals surface area contributed by atoms with Gasteiger partial charge in [0.15, 0.2) is 5.82 Å². The number of rotatable bonds is 11. The third kappa shape index (κ3) is 7.70. The average Bonchev–Trinajstić information content (AvgIpc) is 3.70. The van der Waals surface area contributed by atoms with Crippen molar-refractivity contribution in [2.24, 2.45) is 0 Å². The van der Waals surface area contributed by atoms with Gasteiger partial charge >= 0.3 is 57.1 Å². The summed E-state index contributed by atoms with van der Waals surface area (Å²) in [6.07, 6.45) is 7.95. The Balaban J connectivity index is 0.00000250. The molecule has 0 atom stereocenters. The van der Waals surface area contributed by atoms with Crippen LogP contribution in [0.4, 0.5) is 0 Å². The van der Waals surface area contributed by atoms with Crippen molar-refractivity contribution in [2.45, 2.75) is 89.9 Å². The Hall–Kier alpha value is -2.71. The predicted octanol–water partition coefficient (Wildman–Crippen LogP) is 2.22. The van der Waals surface area contributed by atoms with Crippen LogP contribution in [0.5, 0.6) is 0 Å². The van der Waals surface area contributed by atoms with Crippen molar-refractivity contribution < 1.29 is 67.2 Å². The van der Waals surface area contributed by atoms with E-state index in [1.807, 2.05) is 57.6 Å².